The summed E-state index contributed by atoms with van der Waals surface area (Å²) in [6.45, 7) is 7.17. The van der Waals surface area contributed by atoms with Crippen LogP contribution in [0.15, 0.2) is 46.9 Å². The van der Waals surface area contributed by atoms with Crippen LogP contribution in [0.2, 0.25) is 0 Å². The number of rotatable bonds is 7. The molecule has 0 radical (unpaired) electrons. The van der Waals surface area contributed by atoms with Crippen LogP contribution in [-0.4, -0.2) is 45.3 Å². The topological polar surface area (TPSA) is 85.4 Å². The largest absolute Gasteiger partial charge is 0.484 e. The van der Waals surface area contributed by atoms with Gasteiger partial charge in [-0.2, -0.15) is 0 Å². The second-order valence-corrected chi connectivity index (χ2v) is 7.56. The maximum Gasteiger partial charge on any atom is 0.258 e. The molecule has 30 heavy (non-hydrogen) atoms. The van der Waals surface area contributed by atoms with Crippen molar-refractivity contribution in [1.29, 1.82) is 0 Å². The van der Waals surface area contributed by atoms with E-state index in [1.54, 1.807) is 0 Å². The van der Waals surface area contributed by atoms with Crippen LogP contribution >= 0.6 is 0 Å². The SMILES string of the molecule is Cc1ccc(CN2CCc3nnc(C(C)NC(=O)COc4ccccc4)n3CC2)o1. The van der Waals surface area contributed by atoms with Crippen molar-refractivity contribution in [2.75, 3.05) is 19.7 Å². The molecular weight excluding hydrogens is 382 g/mol. The molecule has 1 aliphatic heterocycles. The van der Waals surface area contributed by atoms with Crippen LogP contribution in [0.1, 0.15) is 36.1 Å². The fourth-order valence-corrected chi connectivity index (χ4v) is 3.67. The number of benzene rings is 1. The van der Waals surface area contributed by atoms with Gasteiger partial charge in [-0.25, -0.2) is 0 Å². The standard InChI is InChI=1S/C22H27N5O3/c1-16-8-9-19(30-16)14-26-11-10-20-24-25-22(27(20)13-12-26)17(2)23-21(28)15-29-18-6-4-3-5-7-18/h3-9,17H,10-15H2,1-2H3,(H,23,28). The lowest BCUT2D eigenvalue weighted by atomic mass is 10.3. The van der Waals surface area contributed by atoms with Crippen LogP contribution in [0.3, 0.4) is 0 Å². The summed E-state index contributed by atoms with van der Waals surface area (Å²) < 4.78 is 13.4. The van der Waals surface area contributed by atoms with Crippen molar-refractivity contribution in [3.63, 3.8) is 0 Å². The van der Waals surface area contributed by atoms with Crippen LogP contribution in [0.4, 0.5) is 0 Å². The number of carbonyl (C=O) groups is 1. The van der Waals surface area contributed by atoms with Gasteiger partial charge in [0.15, 0.2) is 12.4 Å². The van der Waals surface area contributed by atoms with Crippen molar-refractivity contribution < 1.29 is 13.9 Å². The van der Waals surface area contributed by atoms with Crippen molar-refractivity contribution >= 4 is 5.91 Å². The maximum absolute atomic E-state index is 12.3. The number of nitrogens with zero attached hydrogens (tertiary/aromatic N) is 4. The lowest BCUT2D eigenvalue weighted by Crippen LogP contribution is -2.33. The molecule has 0 saturated heterocycles. The van der Waals surface area contributed by atoms with Crippen LogP contribution in [0.5, 0.6) is 5.75 Å². The predicted molar refractivity (Wildman–Crippen MR) is 111 cm³/mol. The third-order valence-electron chi connectivity index (χ3n) is 5.20. The van der Waals surface area contributed by atoms with Gasteiger partial charge in [0, 0.05) is 26.1 Å². The Bertz CT molecular complexity index is 982. The quantitative estimate of drug-likeness (QED) is 0.645. The fraction of sp³-hybridized carbons (Fsp3) is 0.409. The highest BCUT2D eigenvalue weighted by atomic mass is 16.5. The Morgan fingerprint density at radius 3 is 2.77 bits per heavy atom. The summed E-state index contributed by atoms with van der Waals surface area (Å²) in [5, 5.41) is 11.7. The summed E-state index contributed by atoms with van der Waals surface area (Å²) in [6, 6.07) is 13.1. The van der Waals surface area contributed by atoms with Gasteiger partial charge in [-0.15, -0.1) is 10.2 Å². The summed E-state index contributed by atoms with van der Waals surface area (Å²) >= 11 is 0. The fourth-order valence-electron chi connectivity index (χ4n) is 3.67. The number of hydrogen-bond donors (Lipinski definition) is 1. The number of nitrogens with one attached hydrogen (secondary N) is 1. The van der Waals surface area contributed by atoms with Crippen molar-refractivity contribution in [2.24, 2.45) is 0 Å². The number of amides is 1. The number of hydrogen-bond acceptors (Lipinski definition) is 6. The van der Waals surface area contributed by atoms with Crippen molar-refractivity contribution in [3.8, 4) is 5.75 Å². The zero-order valence-electron chi connectivity index (χ0n) is 17.4. The van der Waals surface area contributed by atoms with E-state index in [0.29, 0.717) is 5.75 Å². The molecule has 158 valence electrons. The van der Waals surface area contributed by atoms with E-state index in [4.69, 9.17) is 9.15 Å². The Morgan fingerprint density at radius 2 is 2.00 bits per heavy atom. The molecule has 3 heterocycles. The highest BCUT2D eigenvalue weighted by molar-refractivity contribution is 5.77. The first kappa shape index (κ1) is 20.2. The van der Waals surface area contributed by atoms with Gasteiger partial charge in [-0.3, -0.25) is 9.69 Å². The van der Waals surface area contributed by atoms with Crippen molar-refractivity contribution in [3.05, 3.63) is 65.6 Å². The lowest BCUT2D eigenvalue weighted by Gasteiger charge is -2.19. The average molecular weight is 409 g/mol. The van der Waals surface area contributed by atoms with Gasteiger partial charge in [-0.05, 0) is 38.1 Å². The first-order chi connectivity index (χ1) is 14.6. The minimum absolute atomic E-state index is 0.0360. The number of ether oxygens (including phenoxy) is 1. The lowest BCUT2D eigenvalue weighted by molar-refractivity contribution is -0.123. The smallest absolute Gasteiger partial charge is 0.258 e. The number of aryl methyl sites for hydroxylation is 1. The van der Waals surface area contributed by atoms with E-state index in [2.05, 4.69) is 25.0 Å². The number of aromatic nitrogens is 3. The van der Waals surface area contributed by atoms with E-state index in [0.717, 1.165) is 55.8 Å². The Labute approximate surface area is 175 Å². The van der Waals surface area contributed by atoms with Gasteiger partial charge in [0.25, 0.3) is 5.91 Å². The molecule has 4 rings (SSSR count). The predicted octanol–water partition coefficient (Wildman–Crippen LogP) is 2.49. The summed E-state index contributed by atoms with van der Waals surface area (Å²) in [7, 11) is 0. The minimum atomic E-state index is -0.252. The Kier molecular flexibility index (Phi) is 6.13. The summed E-state index contributed by atoms with van der Waals surface area (Å²) in [5.41, 5.74) is 0. The maximum atomic E-state index is 12.3. The third-order valence-corrected chi connectivity index (χ3v) is 5.20. The molecule has 0 saturated carbocycles. The molecule has 1 N–H and O–H groups in total. The second kappa shape index (κ2) is 9.13. The van der Waals surface area contributed by atoms with Gasteiger partial charge in [0.05, 0.1) is 12.6 Å². The van der Waals surface area contributed by atoms with E-state index in [1.807, 2.05) is 56.3 Å². The van der Waals surface area contributed by atoms with E-state index in [9.17, 15) is 4.79 Å². The highest BCUT2D eigenvalue weighted by Gasteiger charge is 2.23. The molecule has 1 aliphatic rings. The number of fused-ring (bicyclic) bond motifs is 1. The number of para-hydroxylation sites is 1. The first-order valence-corrected chi connectivity index (χ1v) is 10.3. The van der Waals surface area contributed by atoms with Crippen molar-refractivity contribution in [1.82, 2.24) is 25.0 Å². The molecule has 3 aromatic rings. The summed E-state index contributed by atoms with van der Waals surface area (Å²) in [5.74, 6) is 4.11. The van der Waals surface area contributed by atoms with Gasteiger partial charge >= 0.3 is 0 Å². The molecule has 1 amide bonds. The zero-order chi connectivity index (χ0) is 20.9. The first-order valence-electron chi connectivity index (χ1n) is 10.3. The Balaban J connectivity index is 1.33. The normalized spacial score (nSPS) is 15.3. The van der Waals surface area contributed by atoms with Crippen LogP contribution < -0.4 is 10.1 Å². The number of carbonyl (C=O) groups excluding carboxylic acids is 1. The third kappa shape index (κ3) is 4.88. The second-order valence-electron chi connectivity index (χ2n) is 7.56. The van der Waals surface area contributed by atoms with E-state index >= 15 is 0 Å². The van der Waals surface area contributed by atoms with E-state index in [-0.39, 0.29) is 18.6 Å². The zero-order valence-corrected chi connectivity index (χ0v) is 17.4. The minimum Gasteiger partial charge on any atom is -0.484 e. The molecule has 8 heteroatoms. The Morgan fingerprint density at radius 1 is 1.17 bits per heavy atom. The molecule has 0 bridgehead atoms. The average Bonchev–Trinajstić information content (AvgIpc) is 3.29. The summed E-state index contributed by atoms with van der Waals surface area (Å²) in [4.78, 5) is 14.7. The van der Waals surface area contributed by atoms with Crippen LogP contribution in [0.25, 0.3) is 0 Å². The van der Waals surface area contributed by atoms with Gasteiger partial charge in [-0.1, -0.05) is 18.2 Å². The Hall–Kier alpha value is -3.13. The van der Waals surface area contributed by atoms with E-state index < -0.39 is 0 Å². The van der Waals surface area contributed by atoms with Crippen LogP contribution in [-0.2, 0) is 24.3 Å². The van der Waals surface area contributed by atoms with Crippen LogP contribution in [0, 0.1) is 6.92 Å². The molecule has 0 aliphatic carbocycles. The molecule has 0 spiro atoms. The summed E-state index contributed by atoms with van der Waals surface area (Å²) in [6.07, 6.45) is 0.810. The molecule has 1 aromatic carbocycles. The monoisotopic (exact) mass is 409 g/mol. The van der Waals surface area contributed by atoms with Gasteiger partial charge in [0.1, 0.15) is 23.1 Å². The molecule has 1 atom stereocenters. The molecule has 2 aromatic heterocycles. The number of furan rings is 1. The molecule has 8 nitrogen and oxygen atoms in total. The molecule has 1 unspecified atom stereocenters. The van der Waals surface area contributed by atoms with Gasteiger partial charge < -0.3 is 19.0 Å². The van der Waals surface area contributed by atoms with E-state index in [1.165, 1.54) is 0 Å². The van der Waals surface area contributed by atoms with Crippen molar-refractivity contribution in [2.45, 2.75) is 39.4 Å². The molecule has 0 fully saturated rings. The highest BCUT2D eigenvalue weighted by Crippen LogP contribution is 2.17. The molecular formula is C22H27N5O3. The van der Waals surface area contributed by atoms with Gasteiger partial charge in [0.2, 0.25) is 0 Å².